The predicted molar refractivity (Wildman–Crippen MR) is 183 cm³/mol. The Labute approximate surface area is 287 Å². The van der Waals surface area contributed by atoms with E-state index in [0.29, 0.717) is 31.7 Å². The molecule has 0 saturated carbocycles. The van der Waals surface area contributed by atoms with Crippen molar-refractivity contribution in [3.8, 4) is 5.75 Å². The molecule has 2 aromatic carbocycles. The Kier molecular flexibility index (Phi) is 13.7. The first-order valence-corrected chi connectivity index (χ1v) is 16.7. The molecule has 1 aliphatic rings. The molecule has 1 aromatic heterocycles. The van der Waals surface area contributed by atoms with Crippen LogP contribution in [0.25, 0.3) is 0 Å². The molecule has 0 radical (unpaired) electrons. The maximum atomic E-state index is 13.7. The van der Waals surface area contributed by atoms with Crippen molar-refractivity contribution < 1.29 is 28.7 Å². The number of hydrogen-bond acceptors (Lipinski definition) is 7. The Morgan fingerprint density at radius 3 is 2.49 bits per heavy atom. The topological polar surface area (TPSA) is 155 Å². The van der Waals surface area contributed by atoms with E-state index in [1.54, 1.807) is 36.8 Å². The normalized spacial score (nSPS) is 18.5. The van der Waals surface area contributed by atoms with Gasteiger partial charge in [0.2, 0.25) is 23.6 Å². The minimum absolute atomic E-state index is 0.00482. The fourth-order valence-corrected chi connectivity index (χ4v) is 5.55. The fraction of sp³-hybridized carbons (Fsp3) is 0.444. The molecule has 0 aliphatic carbocycles. The van der Waals surface area contributed by atoms with Crippen LogP contribution < -0.4 is 20.7 Å². The molecule has 5 amide bonds. The van der Waals surface area contributed by atoms with Crippen molar-refractivity contribution in [3.05, 3.63) is 84.4 Å². The van der Waals surface area contributed by atoms with Gasteiger partial charge in [-0.05, 0) is 42.9 Å². The molecule has 3 aromatic rings. The van der Waals surface area contributed by atoms with Crippen molar-refractivity contribution >= 4 is 29.5 Å². The highest BCUT2D eigenvalue weighted by Gasteiger charge is 2.28. The van der Waals surface area contributed by atoms with E-state index in [0.717, 1.165) is 5.56 Å². The molecule has 49 heavy (non-hydrogen) atoms. The average molecular weight is 674 g/mol. The van der Waals surface area contributed by atoms with Crippen LogP contribution in [0.3, 0.4) is 0 Å². The molecule has 0 saturated heterocycles. The van der Waals surface area contributed by atoms with Crippen molar-refractivity contribution in [2.24, 2.45) is 5.92 Å². The second kappa shape index (κ2) is 18.4. The van der Waals surface area contributed by atoms with Crippen molar-refractivity contribution in [2.75, 3.05) is 33.3 Å². The molecular formula is C36H47N7O6. The lowest BCUT2D eigenvalue weighted by atomic mass is 10.0. The van der Waals surface area contributed by atoms with Crippen molar-refractivity contribution in [2.45, 2.75) is 64.7 Å². The van der Waals surface area contributed by atoms with E-state index in [-0.39, 0.29) is 62.4 Å². The number of nitrogens with one attached hydrogen (secondary N) is 3. The molecular weight excluding hydrogens is 626 g/mol. The van der Waals surface area contributed by atoms with Crippen LogP contribution in [-0.2, 0) is 32.3 Å². The third-order valence-electron chi connectivity index (χ3n) is 8.11. The molecule has 0 bridgehead atoms. The van der Waals surface area contributed by atoms with Gasteiger partial charge in [-0.1, -0.05) is 56.3 Å². The predicted octanol–water partition coefficient (Wildman–Crippen LogP) is 2.38. The molecule has 0 unspecified atom stereocenters. The van der Waals surface area contributed by atoms with Gasteiger partial charge in [-0.3, -0.25) is 24.0 Å². The van der Waals surface area contributed by atoms with E-state index in [2.05, 4.69) is 20.9 Å². The van der Waals surface area contributed by atoms with Gasteiger partial charge in [-0.2, -0.15) is 0 Å². The average Bonchev–Trinajstić information content (AvgIpc) is 3.60. The number of ether oxygens (including phenoxy) is 1. The highest BCUT2D eigenvalue weighted by Crippen LogP contribution is 2.20. The summed E-state index contributed by atoms with van der Waals surface area (Å²) in [4.78, 5) is 74.0. The van der Waals surface area contributed by atoms with Crippen LogP contribution in [0.1, 0.15) is 55.5 Å². The number of imidazole rings is 1. The molecule has 0 spiro atoms. The summed E-state index contributed by atoms with van der Waals surface area (Å²) in [7, 11) is 1.53. The number of fused-ring (bicyclic) bond motifs is 1. The van der Waals surface area contributed by atoms with Gasteiger partial charge in [0, 0.05) is 45.5 Å². The number of aromatic nitrogens is 2. The lowest BCUT2D eigenvalue weighted by molar-refractivity contribution is -0.142. The van der Waals surface area contributed by atoms with Crippen LogP contribution in [0.2, 0.25) is 0 Å². The molecule has 2 atom stereocenters. The number of aryl methyl sites for hydroxylation is 1. The van der Waals surface area contributed by atoms with Gasteiger partial charge < -0.3 is 35.1 Å². The number of benzene rings is 2. The second-order valence-electron chi connectivity index (χ2n) is 12.7. The molecule has 4 rings (SSSR count). The third kappa shape index (κ3) is 11.8. The van der Waals surface area contributed by atoms with E-state index in [9.17, 15) is 24.0 Å². The number of carbonyl (C=O) groups excluding carboxylic acids is 5. The molecule has 13 nitrogen and oxygen atoms in total. The smallest absolute Gasteiger partial charge is 0.255 e. The van der Waals surface area contributed by atoms with Crippen molar-refractivity contribution in [1.82, 2.24) is 35.3 Å². The van der Waals surface area contributed by atoms with Gasteiger partial charge >= 0.3 is 0 Å². The molecule has 262 valence electrons. The van der Waals surface area contributed by atoms with E-state index >= 15 is 0 Å². The van der Waals surface area contributed by atoms with Gasteiger partial charge in [0.05, 0.1) is 24.5 Å². The van der Waals surface area contributed by atoms with Gasteiger partial charge in [-0.25, -0.2) is 4.98 Å². The summed E-state index contributed by atoms with van der Waals surface area (Å²) in [6, 6.07) is 14.5. The van der Waals surface area contributed by atoms with Gasteiger partial charge in [0.1, 0.15) is 24.9 Å². The third-order valence-corrected chi connectivity index (χ3v) is 8.11. The van der Waals surface area contributed by atoms with Gasteiger partial charge in [0.15, 0.2) is 0 Å². The maximum Gasteiger partial charge on any atom is 0.255 e. The molecule has 0 fully saturated rings. The van der Waals surface area contributed by atoms with Crippen LogP contribution in [0.5, 0.6) is 5.75 Å². The number of para-hydroxylation sites is 1. The minimum atomic E-state index is -1.04. The Hall–Kier alpha value is -5.20. The highest BCUT2D eigenvalue weighted by atomic mass is 16.5. The number of hydrogen-bond donors (Lipinski definition) is 3. The minimum Gasteiger partial charge on any atom is -0.491 e. The van der Waals surface area contributed by atoms with Crippen LogP contribution >= 0.6 is 0 Å². The standard InChI is InChI=1S/C36H47N7O6/c1-26(2)20-28-24-49-31-13-8-7-12-29(31)35(47)40-30(36(48)38-16-9-18-42-19-17-37-25-42)14-15-33(45)43(21-27-10-5-4-6-11-27)23-34(46)41(3)22-32(44)39-28/h4-8,10-13,17,19,25-26,28,30H,9,14-16,18,20-24H2,1-3H3,(H,38,48)(H,39,44)(H,40,47)/t28-,30-/m0/s1. The molecule has 2 heterocycles. The van der Waals surface area contributed by atoms with Crippen LogP contribution in [0, 0.1) is 5.92 Å². The zero-order valence-corrected chi connectivity index (χ0v) is 28.5. The maximum absolute atomic E-state index is 13.7. The summed E-state index contributed by atoms with van der Waals surface area (Å²) in [5, 5.41) is 8.67. The Bertz CT molecular complexity index is 1550. The Morgan fingerprint density at radius 1 is 1.00 bits per heavy atom. The summed E-state index contributed by atoms with van der Waals surface area (Å²) in [6.07, 6.45) is 6.32. The van der Waals surface area contributed by atoms with Crippen molar-refractivity contribution in [1.29, 1.82) is 0 Å². The molecule has 3 N–H and O–H groups in total. The monoisotopic (exact) mass is 673 g/mol. The van der Waals surface area contributed by atoms with E-state index in [4.69, 9.17) is 4.74 Å². The Balaban J connectivity index is 1.60. The van der Waals surface area contributed by atoms with E-state index < -0.39 is 29.8 Å². The summed E-state index contributed by atoms with van der Waals surface area (Å²) in [5.41, 5.74) is 1.04. The first-order valence-electron chi connectivity index (χ1n) is 16.7. The van der Waals surface area contributed by atoms with Gasteiger partial charge in [-0.15, -0.1) is 0 Å². The number of likely N-dealkylation sites (N-methyl/N-ethyl adjacent to an activating group) is 1. The summed E-state index contributed by atoms with van der Waals surface area (Å²) < 4.78 is 7.99. The van der Waals surface area contributed by atoms with E-state index in [1.807, 2.05) is 54.9 Å². The van der Waals surface area contributed by atoms with Crippen LogP contribution in [-0.4, -0.2) is 94.3 Å². The summed E-state index contributed by atoms with van der Waals surface area (Å²) in [5.74, 6) is -1.59. The number of nitrogens with zero attached hydrogens (tertiary/aromatic N) is 4. The highest BCUT2D eigenvalue weighted by molar-refractivity contribution is 5.99. The zero-order valence-electron chi connectivity index (χ0n) is 28.5. The van der Waals surface area contributed by atoms with Crippen LogP contribution in [0.15, 0.2) is 73.3 Å². The lowest BCUT2D eigenvalue weighted by Gasteiger charge is -2.27. The lowest BCUT2D eigenvalue weighted by Crippen LogP contribution is -2.49. The van der Waals surface area contributed by atoms with Crippen LogP contribution in [0.4, 0.5) is 0 Å². The first kappa shape index (κ1) is 36.6. The Morgan fingerprint density at radius 2 is 1.76 bits per heavy atom. The number of rotatable bonds is 9. The summed E-state index contributed by atoms with van der Waals surface area (Å²) >= 11 is 0. The largest absolute Gasteiger partial charge is 0.491 e. The quantitative estimate of drug-likeness (QED) is 0.295. The van der Waals surface area contributed by atoms with Crippen molar-refractivity contribution in [3.63, 3.8) is 0 Å². The zero-order chi connectivity index (χ0) is 35.2. The SMILES string of the molecule is CC(C)C[C@H]1COc2ccccc2C(=O)N[C@H](C(=O)NCCCn2ccnc2)CCC(=O)N(Cc2ccccc2)CC(=O)N(C)CC(=O)N1. The van der Waals surface area contributed by atoms with E-state index in [1.165, 1.54) is 16.8 Å². The fourth-order valence-electron chi connectivity index (χ4n) is 5.55. The second-order valence-corrected chi connectivity index (χ2v) is 12.7. The molecule has 13 heteroatoms. The summed E-state index contributed by atoms with van der Waals surface area (Å²) in [6.45, 7) is 4.82. The number of carbonyl (C=O) groups is 5. The molecule has 1 aliphatic heterocycles. The number of amides is 5. The van der Waals surface area contributed by atoms with Gasteiger partial charge in [0.25, 0.3) is 5.91 Å². The first-order chi connectivity index (χ1) is 23.6.